The number of unbranched alkanes of at least 4 members (excludes halogenated alkanes) is 2. The van der Waals surface area contributed by atoms with Crippen molar-refractivity contribution in [3.05, 3.63) is 29.8 Å². The summed E-state index contributed by atoms with van der Waals surface area (Å²) in [5.74, 6) is -11.6. The Kier molecular flexibility index (Phi) is 33.9. The largest absolute Gasteiger partial charge is 0.508 e. The highest BCUT2D eigenvalue weighted by molar-refractivity contribution is 5.99. The van der Waals surface area contributed by atoms with E-state index in [2.05, 4.69) is 74.4 Å². The first-order chi connectivity index (χ1) is 40.7. The molecule has 0 unspecified atom stereocenters. The number of nitrogens with two attached hydrogens (primary N) is 3. The van der Waals surface area contributed by atoms with Crippen LogP contribution in [-0.4, -0.2) is 192 Å². The molecule has 33 heteroatoms. The maximum absolute atomic E-state index is 13.5. The molecule has 0 aliphatic carbocycles. The van der Waals surface area contributed by atoms with E-state index in [0.717, 1.165) is 0 Å². The Morgan fingerprint density at radius 2 is 0.667 bits per heavy atom. The Balaban J connectivity index is 2.82. The summed E-state index contributed by atoms with van der Waals surface area (Å²) >= 11 is 0. The minimum atomic E-state index is -1.29. The van der Waals surface area contributed by atoms with E-state index in [9.17, 15) is 77.0 Å². The molecule has 0 spiro atoms. The summed E-state index contributed by atoms with van der Waals surface area (Å²) in [4.78, 5) is 192. The quantitative estimate of drug-likeness (QED) is 0.0274. The second-order valence-electron chi connectivity index (χ2n) is 20.8. The zero-order chi connectivity index (χ0) is 66.2. The summed E-state index contributed by atoms with van der Waals surface area (Å²) in [6.45, 7) is 12.5. The molecule has 87 heavy (non-hydrogen) atoms. The second kappa shape index (κ2) is 38.8. The lowest BCUT2D eigenvalue weighted by Crippen LogP contribution is -2.59. The van der Waals surface area contributed by atoms with E-state index in [1.165, 1.54) is 81.4 Å². The van der Waals surface area contributed by atoms with Crippen LogP contribution < -0.4 is 91.6 Å². The molecule has 0 fully saturated rings. The lowest BCUT2D eigenvalue weighted by atomic mass is 10.0. The summed E-state index contributed by atoms with van der Waals surface area (Å²) in [5, 5.41) is 43.6. The molecule has 1 rings (SSSR count). The molecule has 21 N–H and O–H groups in total. The van der Waals surface area contributed by atoms with E-state index >= 15 is 0 Å². The van der Waals surface area contributed by atoms with Gasteiger partial charge in [0.05, 0.1) is 13.1 Å². The van der Waals surface area contributed by atoms with Crippen molar-refractivity contribution < 1.29 is 77.0 Å². The lowest BCUT2D eigenvalue weighted by molar-refractivity contribution is -0.135. The van der Waals surface area contributed by atoms with E-state index < -0.39 is 174 Å². The van der Waals surface area contributed by atoms with E-state index in [-0.39, 0.29) is 38.1 Å². The fourth-order valence-corrected chi connectivity index (χ4v) is 7.60. The number of nitrogens with one attached hydrogen (secondary N) is 14. The average molecular weight is 1230 g/mol. The second-order valence-corrected chi connectivity index (χ2v) is 20.8. The third-order valence-electron chi connectivity index (χ3n) is 12.9. The first kappa shape index (κ1) is 76.0. The molecule has 0 radical (unpaired) electrons. The molecule has 0 saturated carbocycles. The number of amides is 15. The van der Waals surface area contributed by atoms with Gasteiger partial charge in [-0.2, -0.15) is 0 Å². The van der Waals surface area contributed by atoms with Crippen molar-refractivity contribution in [1.29, 1.82) is 0 Å². The van der Waals surface area contributed by atoms with Crippen LogP contribution in [0, 0.1) is 0 Å². The van der Waals surface area contributed by atoms with Gasteiger partial charge in [-0.1, -0.05) is 12.1 Å². The maximum atomic E-state index is 13.5. The van der Waals surface area contributed by atoms with Gasteiger partial charge in [0.1, 0.15) is 78.3 Å². The van der Waals surface area contributed by atoms with Crippen molar-refractivity contribution in [2.45, 2.75) is 187 Å². The topological polar surface area (TPSA) is 523 Å². The predicted molar refractivity (Wildman–Crippen MR) is 313 cm³/mol. The van der Waals surface area contributed by atoms with Gasteiger partial charge in [0.25, 0.3) is 0 Å². The van der Waals surface area contributed by atoms with Crippen molar-refractivity contribution in [3.63, 3.8) is 0 Å². The standard InChI is InChI=1S/C54H89N17O16/c1-26(43(76)58-24-41(57)74)61-44(77)28(3)62-45(78)29(4)64-49(82)33(8)68-54(87)39(16-12-14-22-56)71-51(84)34(9)66-47(80)31(6)63-46(79)30(5)65-48(81)32(7)67-53(86)38(15-11-13-21-55)70-50(83)27(2)60-42(75)25-59-52(85)40(69-35(10)72)23-36-17-19-37(73)20-18-36/h17-20,26-34,38-40,73H,11-16,21-25,55-56H2,1-10H3,(H2,57,74)(H,58,76)(H,59,85)(H,60,75)(H,61,77)(H,62,78)(H,63,79)(H,64,82)(H,65,81)(H,66,80)(H,67,86)(H,68,87)(H,69,72)(H,70,83)(H,71,84)/t26-,27-,28-,29-,30-,31-,32-,33-,34-,38-,39-,40-/m0/s1. The normalized spacial score (nSPS) is 14.9. The molecule has 12 atom stereocenters. The zero-order valence-corrected chi connectivity index (χ0v) is 50.8. The van der Waals surface area contributed by atoms with Crippen molar-refractivity contribution in [3.8, 4) is 5.75 Å². The molecular weight excluding hydrogens is 1140 g/mol. The number of primary amides is 1. The van der Waals surface area contributed by atoms with Gasteiger partial charge < -0.3 is 96.7 Å². The van der Waals surface area contributed by atoms with Crippen molar-refractivity contribution >= 4 is 88.6 Å². The van der Waals surface area contributed by atoms with Crippen LogP contribution in [0.2, 0.25) is 0 Å². The van der Waals surface area contributed by atoms with E-state index in [1.807, 2.05) is 0 Å². The van der Waals surface area contributed by atoms with Crippen molar-refractivity contribution in [2.24, 2.45) is 17.2 Å². The van der Waals surface area contributed by atoms with Crippen molar-refractivity contribution in [1.82, 2.24) is 74.4 Å². The van der Waals surface area contributed by atoms with Gasteiger partial charge in [-0.15, -0.1) is 0 Å². The molecule has 486 valence electrons. The van der Waals surface area contributed by atoms with Crippen LogP contribution in [0.15, 0.2) is 24.3 Å². The van der Waals surface area contributed by atoms with Crippen LogP contribution in [0.3, 0.4) is 0 Å². The molecule has 1 aromatic carbocycles. The summed E-state index contributed by atoms with van der Waals surface area (Å²) in [5.41, 5.74) is 16.9. The van der Waals surface area contributed by atoms with Gasteiger partial charge in [0, 0.05) is 13.3 Å². The van der Waals surface area contributed by atoms with Crippen LogP contribution in [-0.2, 0) is 78.3 Å². The SMILES string of the molecule is CC(=O)N[C@@H](Cc1ccc(O)cc1)C(=O)NCC(=O)N[C@@H](C)C(=O)N[C@@H](CCCCN)C(=O)N[C@@H](C)C(=O)N[C@@H](C)C(=O)N[C@@H](C)C(=O)N[C@@H](C)C(=O)N[C@@H](CCCCN)C(=O)N[C@@H](C)C(=O)N[C@@H](C)C(=O)N[C@@H](C)C(=O)N[C@@H](C)C(=O)NCC(N)=O. The minimum absolute atomic E-state index is 0.00199. The Bertz CT molecular complexity index is 2590. The molecule has 0 heterocycles. The highest BCUT2D eigenvalue weighted by atomic mass is 16.3. The molecule has 15 amide bonds. The zero-order valence-electron chi connectivity index (χ0n) is 50.8. The van der Waals surface area contributed by atoms with E-state index in [1.54, 1.807) is 12.1 Å². The molecule has 33 nitrogen and oxygen atoms in total. The van der Waals surface area contributed by atoms with E-state index in [4.69, 9.17) is 17.2 Å². The average Bonchev–Trinajstić information content (AvgIpc) is 3.66. The number of carbonyl (C=O) groups excluding carboxylic acids is 15. The molecule has 0 aliphatic heterocycles. The predicted octanol–water partition coefficient (Wildman–Crippen LogP) is -7.07. The molecule has 1 aromatic rings. The van der Waals surface area contributed by atoms with Crippen LogP contribution in [0.1, 0.15) is 113 Å². The van der Waals surface area contributed by atoms with Crippen LogP contribution >= 0.6 is 0 Å². The van der Waals surface area contributed by atoms with Gasteiger partial charge in [-0.3, -0.25) is 71.9 Å². The third kappa shape index (κ3) is 29.6. The summed E-state index contributed by atoms with van der Waals surface area (Å²) in [6, 6.07) is -8.72. The smallest absolute Gasteiger partial charge is 0.243 e. The van der Waals surface area contributed by atoms with Gasteiger partial charge in [-0.05, 0) is 132 Å². The van der Waals surface area contributed by atoms with Crippen molar-refractivity contribution in [2.75, 3.05) is 26.2 Å². The summed E-state index contributed by atoms with van der Waals surface area (Å²) in [7, 11) is 0. The molecule has 0 saturated heterocycles. The number of phenols is 1. The monoisotopic (exact) mass is 1230 g/mol. The summed E-state index contributed by atoms with van der Waals surface area (Å²) in [6.07, 6.45) is 1.83. The van der Waals surface area contributed by atoms with Gasteiger partial charge in [0.15, 0.2) is 0 Å². The number of aromatic hydroxyl groups is 1. The first-order valence-corrected chi connectivity index (χ1v) is 28.3. The third-order valence-corrected chi connectivity index (χ3v) is 12.9. The first-order valence-electron chi connectivity index (χ1n) is 28.3. The van der Waals surface area contributed by atoms with Crippen LogP contribution in [0.25, 0.3) is 0 Å². The number of phenolic OH excluding ortho intramolecular Hbond substituents is 1. The Morgan fingerprint density at radius 1 is 0.368 bits per heavy atom. The Labute approximate surface area is 504 Å². The molecular formula is C54H89N17O16. The molecule has 0 aromatic heterocycles. The molecule has 0 aliphatic rings. The fourth-order valence-electron chi connectivity index (χ4n) is 7.60. The van der Waals surface area contributed by atoms with Gasteiger partial charge >= 0.3 is 0 Å². The number of benzene rings is 1. The van der Waals surface area contributed by atoms with Gasteiger partial charge in [-0.25, -0.2) is 0 Å². The fraction of sp³-hybridized carbons (Fsp3) is 0.611. The number of rotatable bonds is 38. The van der Waals surface area contributed by atoms with Gasteiger partial charge in [0.2, 0.25) is 88.6 Å². The molecule has 0 bridgehead atoms. The number of hydrogen-bond donors (Lipinski definition) is 18. The summed E-state index contributed by atoms with van der Waals surface area (Å²) < 4.78 is 0. The lowest BCUT2D eigenvalue weighted by Gasteiger charge is -2.25. The number of hydrogen-bond acceptors (Lipinski definition) is 18. The highest BCUT2D eigenvalue weighted by Gasteiger charge is 2.32. The number of carbonyl (C=O) groups is 15. The Hall–Kier alpha value is -9.01. The van der Waals surface area contributed by atoms with E-state index in [0.29, 0.717) is 31.2 Å². The Morgan fingerprint density at radius 3 is 0.989 bits per heavy atom. The minimum Gasteiger partial charge on any atom is -0.508 e. The van der Waals surface area contributed by atoms with Crippen LogP contribution in [0.4, 0.5) is 0 Å². The maximum Gasteiger partial charge on any atom is 0.243 e. The van der Waals surface area contributed by atoms with Crippen LogP contribution in [0.5, 0.6) is 5.75 Å². The highest BCUT2D eigenvalue weighted by Crippen LogP contribution is 2.12.